The molecule has 3 saturated heterocycles. The lowest BCUT2D eigenvalue weighted by atomic mass is 9.85. The Kier molecular flexibility index (Phi) is 16.3. The van der Waals surface area contributed by atoms with Crippen molar-refractivity contribution in [2.24, 2.45) is 5.41 Å². The van der Waals surface area contributed by atoms with Gasteiger partial charge in [-0.15, -0.1) is 11.3 Å². The fraction of sp³-hybridized carbons (Fsp3) is 0.481. The van der Waals surface area contributed by atoms with Crippen molar-refractivity contribution in [2.75, 3.05) is 49.2 Å². The highest BCUT2D eigenvalue weighted by Gasteiger charge is 2.51. The maximum absolute atomic E-state index is 14.4. The number of rotatable bonds is 17. The second-order valence-electron chi connectivity index (χ2n) is 20.0. The summed E-state index contributed by atoms with van der Waals surface area (Å²) in [5.41, 5.74) is 2.98. The van der Waals surface area contributed by atoms with Crippen LogP contribution in [0.15, 0.2) is 72.2 Å². The molecule has 3 aromatic carbocycles. The summed E-state index contributed by atoms with van der Waals surface area (Å²) in [4.78, 5) is 66.6. The molecule has 15 nitrogen and oxygen atoms in total. The van der Waals surface area contributed by atoms with Gasteiger partial charge < -0.3 is 39.9 Å². The molecular formula is C52H62F2N8O7S2. The van der Waals surface area contributed by atoms with E-state index in [1.807, 2.05) is 57.5 Å². The third-order valence-electron chi connectivity index (χ3n) is 13.2. The van der Waals surface area contributed by atoms with Gasteiger partial charge in [-0.3, -0.25) is 24.1 Å². The number of hydrogen-bond acceptors (Lipinski definition) is 12. The maximum atomic E-state index is 14.4. The molecular weight excluding hydrogens is 951 g/mol. The van der Waals surface area contributed by atoms with Gasteiger partial charge in [-0.1, -0.05) is 45.0 Å². The summed E-state index contributed by atoms with van der Waals surface area (Å²) in [6, 6.07) is 18.8. The van der Waals surface area contributed by atoms with E-state index in [4.69, 9.17) is 21.7 Å². The van der Waals surface area contributed by atoms with Gasteiger partial charge >= 0.3 is 0 Å². The van der Waals surface area contributed by atoms with Crippen LogP contribution in [0.4, 0.5) is 20.2 Å². The summed E-state index contributed by atoms with van der Waals surface area (Å²) in [6.07, 6.45) is 0.969. The van der Waals surface area contributed by atoms with Crippen LogP contribution in [0.25, 0.3) is 10.4 Å². The molecule has 0 radical (unpaired) electrons. The van der Waals surface area contributed by atoms with Gasteiger partial charge in [-0.2, -0.15) is 5.26 Å². The number of aryl methyl sites for hydroxylation is 1. The Hall–Kier alpha value is -5.91. The molecule has 3 atom stereocenters. The van der Waals surface area contributed by atoms with E-state index in [9.17, 15) is 38.3 Å². The number of nitrogens with one attached hydrogen (secondary N) is 2. The van der Waals surface area contributed by atoms with E-state index in [2.05, 4.69) is 20.5 Å². The zero-order chi connectivity index (χ0) is 51.4. The first-order chi connectivity index (χ1) is 33.6. The van der Waals surface area contributed by atoms with Crippen LogP contribution in [0.5, 0.6) is 5.75 Å². The third kappa shape index (κ3) is 12.2. The smallest absolute Gasteiger partial charge is 0.271 e. The monoisotopic (exact) mass is 1010 g/mol. The normalized spacial score (nSPS) is 19.2. The van der Waals surface area contributed by atoms with E-state index in [-0.39, 0.29) is 60.2 Å². The van der Waals surface area contributed by atoms with Crippen molar-refractivity contribution in [3.63, 3.8) is 0 Å². The van der Waals surface area contributed by atoms with Crippen LogP contribution >= 0.6 is 23.6 Å². The van der Waals surface area contributed by atoms with Crippen LogP contribution in [0.1, 0.15) is 89.6 Å². The number of alkyl halides is 2. The maximum Gasteiger partial charge on any atom is 0.271 e. The molecule has 0 saturated carbocycles. The lowest BCUT2D eigenvalue weighted by Crippen LogP contribution is -2.58. The van der Waals surface area contributed by atoms with Crippen molar-refractivity contribution in [2.45, 2.75) is 116 Å². The molecule has 19 heteroatoms. The Morgan fingerprint density at radius 3 is 2.31 bits per heavy atom. The van der Waals surface area contributed by atoms with Crippen LogP contribution in [0, 0.1) is 23.7 Å². The van der Waals surface area contributed by atoms with Gasteiger partial charge in [0, 0.05) is 63.7 Å². The lowest BCUT2D eigenvalue weighted by Gasteiger charge is -2.36. The predicted octanol–water partition coefficient (Wildman–Crippen LogP) is 7.08. The zero-order valence-electron chi connectivity index (χ0n) is 41.2. The van der Waals surface area contributed by atoms with Crippen LogP contribution in [-0.2, 0) is 36.4 Å². The Morgan fingerprint density at radius 2 is 1.69 bits per heavy atom. The van der Waals surface area contributed by atoms with Crippen LogP contribution in [0.2, 0.25) is 0 Å². The minimum atomic E-state index is -3.31. The van der Waals surface area contributed by atoms with Gasteiger partial charge in [0.1, 0.15) is 30.0 Å². The molecule has 0 spiro atoms. The van der Waals surface area contributed by atoms with Gasteiger partial charge in [0.25, 0.3) is 11.8 Å². The minimum Gasteiger partial charge on any atom is -0.491 e. The number of likely N-dealkylation sites (tertiary alicyclic amines) is 2. The number of nitrogens with zero attached hydrogens (tertiary/aromatic N) is 6. The number of nitriles is 1. The van der Waals surface area contributed by atoms with Gasteiger partial charge in [-0.05, 0) is 105 Å². The van der Waals surface area contributed by atoms with E-state index in [0.717, 1.165) is 53.7 Å². The molecule has 3 N–H and O–H groups in total. The number of anilines is 2. The summed E-state index contributed by atoms with van der Waals surface area (Å²) in [7, 11) is 0. The summed E-state index contributed by atoms with van der Waals surface area (Å²) < 4.78 is 40.9. The van der Waals surface area contributed by atoms with Crippen molar-refractivity contribution in [1.29, 1.82) is 5.26 Å². The second-order valence-corrected chi connectivity index (χ2v) is 21.2. The van der Waals surface area contributed by atoms with E-state index in [1.54, 1.807) is 60.4 Å². The SMILES string of the molecule is Cc1ncsc1-c1ccc(CNC(=O)[C@@H]2C[C@@H](O)CN2C(=O)C(NC(=O)CCN2CCC(OCCOc3ccc(N4C(=S)N(c5ccc(C#N)c(C(C)(F)F)c5)C(=O)C4(C)C)cc3)CC2)C(C)(C)C)cc1. The van der Waals surface area contributed by atoms with Gasteiger partial charge in [0.05, 0.1) is 52.2 Å². The molecule has 4 heterocycles. The number of carbonyl (C=O) groups is 4. The van der Waals surface area contributed by atoms with E-state index >= 15 is 0 Å². The molecule has 71 heavy (non-hydrogen) atoms. The molecule has 3 fully saturated rings. The van der Waals surface area contributed by atoms with Crippen molar-refractivity contribution >= 4 is 63.7 Å². The molecule has 3 aliphatic rings. The number of ether oxygens (including phenoxy) is 2. The number of aliphatic hydroxyl groups excluding tert-OH is 1. The molecule has 4 amide bonds. The number of aromatic nitrogens is 1. The average molecular weight is 1010 g/mol. The molecule has 1 aromatic heterocycles. The van der Waals surface area contributed by atoms with Crippen LogP contribution in [0.3, 0.4) is 0 Å². The number of amides is 4. The average Bonchev–Trinajstić information content (AvgIpc) is 4.00. The van der Waals surface area contributed by atoms with Crippen molar-refractivity contribution < 1.29 is 42.5 Å². The molecule has 3 aliphatic heterocycles. The largest absolute Gasteiger partial charge is 0.491 e. The quantitative estimate of drug-likeness (QED) is 0.0724. The summed E-state index contributed by atoms with van der Waals surface area (Å²) in [5, 5.41) is 26.0. The molecule has 4 aromatic rings. The van der Waals surface area contributed by atoms with E-state index in [0.29, 0.717) is 38.1 Å². The summed E-state index contributed by atoms with van der Waals surface area (Å²) in [5.74, 6) is -4.17. The van der Waals surface area contributed by atoms with Crippen LogP contribution in [-0.4, -0.2) is 118 Å². The summed E-state index contributed by atoms with van der Waals surface area (Å²) in [6.45, 7) is 14.5. The number of thiocarbonyl (C=S) groups is 1. The van der Waals surface area contributed by atoms with E-state index in [1.165, 1.54) is 21.9 Å². The molecule has 0 bridgehead atoms. The highest BCUT2D eigenvalue weighted by atomic mass is 32.1. The van der Waals surface area contributed by atoms with E-state index < -0.39 is 52.4 Å². The third-order valence-corrected chi connectivity index (χ3v) is 14.6. The summed E-state index contributed by atoms with van der Waals surface area (Å²) >= 11 is 7.31. The van der Waals surface area contributed by atoms with Gasteiger partial charge in [0.15, 0.2) is 5.11 Å². The van der Waals surface area contributed by atoms with Gasteiger partial charge in [-0.25, -0.2) is 13.8 Å². The fourth-order valence-electron chi connectivity index (χ4n) is 9.23. The number of thiazole rings is 1. The Labute approximate surface area is 423 Å². The van der Waals surface area contributed by atoms with Crippen LogP contribution < -0.4 is 25.2 Å². The second kappa shape index (κ2) is 21.8. The lowest BCUT2D eigenvalue weighted by molar-refractivity contribution is -0.144. The Balaban J connectivity index is 0.828. The highest BCUT2D eigenvalue weighted by Crippen LogP contribution is 2.40. The first-order valence-corrected chi connectivity index (χ1v) is 25.1. The van der Waals surface area contributed by atoms with Gasteiger partial charge in [0.2, 0.25) is 17.7 Å². The number of benzene rings is 3. The number of piperidine rings is 1. The van der Waals surface area contributed by atoms with Crippen molar-refractivity contribution in [1.82, 2.24) is 25.4 Å². The van der Waals surface area contributed by atoms with Crippen molar-refractivity contribution in [3.8, 4) is 22.3 Å². The standard InChI is InChI=1S/C52H62F2N8O7S2/c1-32-44(71-31-57-32)34-10-8-33(9-11-34)29-56-46(65)42-27-38(63)30-60(42)47(66)45(50(2,3)4)58-43(64)20-23-59-21-18-40(19-22-59)69-25-24-68-39-16-14-36(15-17-39)62-49(70)61(48(67)51(62,5)6)37-13-12-35(28-55)41(26-37)52(7,53)54/h8-17,26,31,38,40,42,45,63H,18-25,27,29-30H2,1-7H3,(H,56,65)(H,58,64)/t38-,42+,45?/m1/s1. The molecule has 7 rings (SSSR count). The fourth-order valence-corrected chi connectivity index (χ4v) is 10.6. The Morgan fingerprint density at radius 1 is 1.01 bits per heavy atom. The molecule has 0 aliphatic carbocycles. The topological polar surface area (TPSA) is 181 Å². The first-order valence-electron chi connectivity index (χ1n) is 23.8. The predicted molar refractivity (Wildman–Crippen MR) is 271 cm³/mol. The number of halogens is 2. The first kappa shape index (κ1) is 52.9. The highest BCUT2D eigenvalue weighted by molar-refractivity contribution is 7.81. The molecule has 1 unspecified atom stereocenters. The number of aliphatic hydroxyl groups is 1. The number of hydrogen-bond donors (Lipinski definition) is 3. The number of carbonyl (C=O) groups excluding carboxylic acids is 4. The van der Waals surface area contributed by atoms with Crippen molar-refractivity contribution in [3.05, 3.63) is 94.6 Å². The Bertz CT molecular complexity index is 2640. The molecule has 378 valence electrons. The zero-order valence-corrected chi connectivity index (χ0v) is 42.8. The number of β-amino-alcohol motifs (C(OH)–C–C–N with tert-alkyl or cyclic N) is 1. The minimum absolute atomic E-state index is 0.00418.